The Hall–Kier alpha value is -3.01. The lowest BCUT2D eigenvalue weighted by molar-refractivity contribution is 0.574. The lowest BCUT2D eigenvalue weighted by atomic mass is 9.85. The maximum atomic E-state index is 4.85. The van der Waals surface area contributed by atoms with Gasteiger partial charge in [-0.1, -0.05) is 42.8 Å². The number of rotatable bonds is 4. The van der Waals surface area contributed by atoms with Gasteiger partial charge in [0.05, 0.1) is 11.7 Å². The number of anilines is 1. The summed E-state index contributed by atoms with van der Waals surface area (Å²) in [4.78, 5) is 13.8. The molecule has 0 amide bonds. The van der Waals surface area contributed by atoms with E-state index in [1.165, 1.54) is 17.6 Å². The van der Waals surface area contributed by atoms with Crippen molar-refractivity contribution in [3.8, 4) is 11.4 Å². The Kier molecular flexibility index (Phi) is 4.71. The van der Waals surface area contributed by atoms with Crippen molar-refractivity contribution < 1.29 is 0 Å². The quantitative estimate of drug-likeness (QED) is 0.646. The second-order valence-corrected chi connectivity index (χ2v) is 7.17. The van der Waals surface area contributed by atoms with Crippen LogP contribution in [0.1, 0.15) is 33.6 Å². The van der Waals surface area contributed by atoms with E-state index in [-0.39, 0.29) is 0 Å². The summed E-state index contributed by atoms with van der Waals surface area (Å²) in [5.74, 6) is 2.18. The fourth-order valence-electron chi connectivity index (χ4n) is 3.64. The van der Waals surface area contributed by atoms with Crippen molar-refractivity contribution in [2.45, 2.75) is 33.6 Å². The third-order valence-electron chi connectivity index (χ3n) is 5.31. The molecule has 0 bridgehead atoms. The van der Waals surface area contributed by atoms with Gasteiger partial charge in [-0.25, -0.2) is 9.97 Å². The Labute approximate surface area is 160 Å². The number of hydrogen-bond acceptors (Lipinski definition) is 4. The standard InChI is InChI=1S/C23H24N4/c1-4-17-12-16(3)20(13-15(17)2)25-23-19-10-11-24-14-21(19)26-22(27-23)18-8-6-5-7-9-18/h5-11,13-14,17H,4,12H2,1-3H3,(H,25,26,27). The first kappa shape index (κ1) is 17.4. The zero-order chi connectivity index (χ0) is 18.8. The van der Waals surface area contributed by atoms with Gasteiger partial charge < -0.3 is 5.32 Å². The molecule has 0 radical (unpaired) electrons. The molecule has 1 N–H and O–H groups in total. The number of hydrogen-bond donors (Lipinski definition) is 1. The molecule has 4 nitrogen and oxygen atoms in total. The lowest BCUT2D eigenvalue weighted by Crippen LogP contribution is -2.13. The van der Waals surface area contributed by atoms with E-state index in [1.54, 1.807) is 12.4 Å². The van der Waals surface area contributed by atoms with Crippen molar-refractivity contribution in [2.75, 3.05) is 5.32 Å². The molecule has 0 fully saturated rings. The number of nitrogens with one attached hydrogen (secondary N) is 1. The summed E-state index contributed by atoms with van der Waals surface area (Å²) < 4.78 is 0. The Morgan fingerprint density at radius 2 is 1.89 bits per heavy atom. The third-order valence-corrected chi connectivity index (χ3v) is 5.31. The van der Waals surface area contributed by atoms with E-state index in [0.29, 0.717) is 11.7 Å². The molecule has 0 saturated carbocycles. The van der Waals surface area contributed by atoms with Crippen LogP contribution in [0.4, 0.5) is 5.82 Å². The van der Waals surface area contributed by atoms with E-state index in [0.717, 1.165) is 34.4 Å². The molecule has 4 heteroatoms. The predicted molar refractivity (Wildman–Crippen MR) is 111 cm³/mol. The van der Waals surface area contributed by atoms with Crippen LogP contribution in [0.5, 0.6) is 0 Å². The van der Waals surface area contributed by atoms with E-state index in [4.69, 9.17) is 9.97 Å². The number of fused-ring (bicyclic) bond motifs is 1. The highest BCUT2D eigenvalue weighted by Gasteiger charge is 2.18. The van der Waals surface area contributed by atoms with Crippen LogP contribution in [0.2, 0.25) is 0 Å². The molecule has 2 aromatic heterocycles. The number of allylic oxidation sites excluding steroid dienone is 3. The number of aromatic nitrogens is 3. The molecule has 2 heterocycles. The summed E-state index contributed by atoms with van der Waals surface area (Å²) in [7, 11) is 0. The van der Waals surface area contributed by atoms with Crippen LogP contribution in [0.15, 0.2) is 71.7 Å². The molecule has 1 aliphatic rings. The van der Waals surface area contributed by atoms with Crippen LogP contribution < -0.4 is 5.32 Å². The van der Waals surface area contributed by atoms with Gasteiger partial charge in [-0.05, 0) is 50.3 Å². The molecule has 1 atom stereocenters. The van der Waals surface area contributed by atoms with Crippen LogP contribution in [-0.4, -0.2) is 15.0 Å². The molecule has 136 valence electrons. The lowest BCUT2D eigenvalue weighted by Gasteiger charge is -2.25. The highest BCUT2D eigenvalue weighted by Crippen LogP contribution is 2.33. The minimum atomic E-state index is 0.641. The van der Waals surface area contributed by atoms with Gasteiger partial charge in [0.2, 0.25) is 0 Å². The van der Waals surface area contributed by atoms with E-state index >= 15 is 0 Å². The van der Waals surface area contributed by atoms with E-state index in [1.807, 2.05) is 36.4 Å². The van der Waals surface area contributed by atoms with Gasteiger partial charge in [0, 0.05) is 22.8 Å². The summed E-state index contributed by atoms with van der Waals surface area (Å²) >= 11 is 0. The van der Waals surface area contributed by atoms with Crippen molar-refractivity contribution in [3.05, 3.63) is 71.7 Å². The zero-order valence-corrected chi connectivity index (χ0v) is 16.0. The van der Waals surface area contributed by atoms with Crippen LogP contribution in [0, 0.1) is 5.92 Å². The molecule has 4 rings (SSSR count). The topological polar surface area (TPSA) is 50.7 Å². The molecular formula is C23H24N4. The molecule has 3 aromatic rings. The fourth-order valence-corrected chi connectivity index (χ4v) is 3.64. The average molecular weight is 356 g/mol. The molecule has 0 spiro atoms. The maximum absolute atomic E-state index is 4.85. The van der Waals surface area contributed by atoms with Crippen molar-refractivity contribution >= 4 is 16.7 Å². The smallest absolute Gasteiger partial charge is 0.162 e. The first-order valence-corrected chi connectivity index (χ1v) is 9.48. The molecule has 27 heavy (non-hydrogen) atoms. The predicted octanol–water partition coefficient (Wildman–Crippen LogP) is 5.75. The van der Waals surface area contributed by atoms with Gasteiger partial charge in [-0.3, -0.25) is 4.98 Å². The summed E-state index contributed by atoms with van der Waals surface area (Å²) in [6, 6.07) is 12.0. The molecule has 0 saturated heterocycles. The minimum Gasteiger partial charge on any atom is -0.340 e. The second-order valence-electron chi connectivity index (χ2n) is 7.17. The molecule has 1 aromatic carbocycles. The molecular weight excluding hydrogens is 332 g/mol. The van der Waals surface area contributed by atoms with Gasteiger partial charge in [-0.2, -0.15) is 0 Å². The number of nitrogens with zero attached hydrogens (tertiary/aromatic N) is 3. The van der Waals surface area contributed by atoms with Gasteiger partial charge in [0.1, 0.15) is 5.82 Å². The highest BCUT2D eigenvalue weighted by molar-refractivity contribution is 5.90. The summed E-state index contributed by atoms with van der Waals surface area (Å²) in [5, 5.41) is 4.56. The summed E-state index contributed by atoms with van der Waals surface area (Å²) in [6.45, 7) is 6.68. The largest absolute Gasteiger partial charge is 0.340 e. The van der Waals surface area contributed by atoms with Crippen LogP contribution in [-0.2, 0) is 0 Å². The Morgan fingerprint density at radius 3 is 2.67 bits per heavy atom. The first-order valence-electron chi connectivity index (χ1n) is 9.48. The van der Waals surface area contributed by atoms with Crippen LogP contribution >= 0.6 is 0 Å². The Bertz CT molecular complexity index is 1030. The normalized spacial score (nSPS) is 17.1. The van der Waals surface area contributed by atoms with Crippen LogP contribution in [0.3, 0.4) is 0 Å². The van der Waals surface area contributed by atoms with Crippen molar-refractivity contribution in [3.63, 3.8) is 0 Å². The van der Waals surface area contributed by atoms with Crippen molar-refractivity contribution in [1.29, 1.82) is 0 Å². The molecule has 1 unspecified atom stereocenters. The van der Waals surface area contributed by atoms with Gasteiger partial charge in [0.25, 0.3) is 0 Å². The maximum Gasteiger partial charge on any atom is 0.162 e. The monoisotopic (exact) mass is 356 g/mol. The van der Waals surface area contributed by atoms with Crippen LogP contribution in [0.25, 0.3) is 22.3 Å². The Morgan fingerprint density at radius 1 is 1.07 bits per heavy atom. The zero-order valence-electron chi connectivity index (χ0n) is 16.0. The minimum absolute atomic E-state index is 0.641. The second kappa shape index (κ2) is 7.31. The average Bonchev–Trinajstić information content (AvgIpc) is 2.71. The number of benzene rings is 1. The molecule has 1 aliphatic carbocycles. The number of pyridine rings is 1. The fraction of sp³-hybridized carbons (Fsp3) is 0.261. The third kappa shape index (κ3) is 3.47. The van der Waals surface area contributed by atoms with Gasteiger partial charge in [-0.15, -0.1) is 0 Å². The van der Waals surface area contributed by atoms with E-state index < -0.39 is 0 Å². The van der Waals surface area contributed by atoms with Gasteiger partial charge in [0.15, 0.2) is 5.82 Å². The highest BCUT2D eigenvalue weighted by atomic mass is 15.0. The summed E-state index contributed by atoms with van der Waals surface area (Å²) in [5.41, 5.74) is 5.78. The molecule has 0 aliphatic heterocycles. The van der Waals surface area contributed by atoms with E-state index in [9.17, 15) is 0 Å². The van der Waals surface area contributed by atoms with Crippen molar-refractivity contribution in [2.24, 2.45) is 5.92 Å². The van der Waals surface area contributed by atoms with E-state index in [2.05, 4.69) is 37.1 Å². The Balaban J connectivity index is 1.80. The summed E-state index contributed by atoms with van der Waals surface area (Å²) in [6.07, 6.45) is 8.12. The van der Waals surface area contributed by atoms with Crippen molar-refractivity contribution in [1.82, 2.24) is 15.0 Å². The van der Waals surface area contributed by atoms with Gasteiger partial charge >= 0.3 is 0 Å². The first-order chi connectivity index (χ1) is 13.2. The SMILES string of the molecule is CCC1CC(C)=C(Nc2nc(-c3ccccc3)nc3cnccc23)C=C1C.